The Morgan fingerprint density at radius 1 is 0.431 bits per heavy atom. The molecule has 10 aromatic carbocycles. The van der Waals surface area contributed by atoms with Gasteiger partial charge in [0.25, 0.3) is 0 Å². The minimum Gasteiger partial charge on any atom is -0.455 e. The summed E-state index contributed by atoms with van der Waals surface area (Å²) in [7, 11) is 0. The van der Waals surface area contributed by atoms with E-state index in [-0.39, 0.29) is 0 Å². The second-order valence-corrected chi connectivity index (χ2v) is 17.2. The van der Waals surface area contributed by atoms with E-state index in [0.717, 1.165) is 74.2 Å². The van der Waals surface area contributed by atoms with Crippen molar-refractivity contribution in [2.45, 2.75) is 12.8 Å². The van der Waals surface area contributed by atoms with Crippen LogP contribution in [-0.2, 0) is 6.42 Å². The Bertz CT molecular complexity index is 3820. The highest BCUT2D eigenvalue weighted by atomic mass is 16.3. The van der Waals surface area contributed by atoms with E-state index in [1.807, 2.05) is 0 Å². The number of furan rings is 1. The summed E-state index contributed by atoms with van der Waals surface area (Å²) in [6, 6.07) is 79.3. The van der Waals surface area contributed by atoms with Gasteiger partial charge >= 0.3 is 0 Å². The van der Waals surface area contributed by atoms with E-state index in [1.165, 1.54) is 60.4 Å². The van der Waals surface area contributed by atoms with Crippen LogP contribution in [0.3, 0.4) is 0 Å². The average molecular weight is 831 g/mol. The van der Waals surface area contributed by atoms with Crippen molar-refractivity contribution in [3.63, 3.8) is 0 Å². The molecule has 1 aliphatic rings. The number of hydrogen-bond acceptors (Lipinski definition) is 2. The molecule has 13 rings (SSSR count). The third kappa shape index (κ3) is 6.19. The predicted octanol–water partition coefficient (Wildman–Crippen LogP) is 17.3. The van der Waals surface area contributed by atoms with E-state index in [0.29, 0.717) is 0 Å². The molecule has 306 valence electrons. The number of hydrogen-bond donors (Lipinski definition) is 0. The molecular weight excluding hydrogens is 789 g/mol. The Morgan fingerprint density at radius 3 is 1.92 bits per heavy atom. The number of aromatic nitrogens is 1. The maximum Gasteiger partial charge on any atom is 0.143 e. The molecule has 0 fully saturated rings. The number of nitrogens with zero attached hydrogens (tertiary/aromatic N) is 2. The van der Waals surface area contributed by atoms with E-state index in [1.54, 1.807) is 0 Å². The molecule has 1 aliphatic carbocycles. The molecule has 0 bridgehead atoms. The van der Waals surface area contributed by atoms with Crippen LogP contribution in [0.4, 0.5) is 17.1 Å². The van der Waals surface area contributed by atoms with Gasteiger partial charge in [0.2, 0.25) is 0 Å². The SMILES string of the molecule is C1=Cc2c(n(-c3ccc(N(c4ccc(-c5cccc(-c6cccc7ccccc67)c5)cc4)c4ccccc4-c4cccc5c4oc4cc6ccccc6cc45)cc3)c3ccccc23)CC1. The monoisotopic (exact) mass is 830 g/mol. The van der Waals surface area contributed by atoms with Crippen molar-refractivity contribution >= 4 is 77.5 Å². The molecule has 12 aromatic rings. The average Bonchev–Trinajstić information content (AvgIpc) is 3.91. The third-order valence-corrected chi connectivity index (χ3v) is 13.4. The van der Waals surface area contributed by atoms with Crippen molar-refractivity contribution in [2.75, 3.05) is 4.90 Å². The Labute approximate surface area is 377 Å². The Balaban J connectivity index is 0.954. The van der Waals surface area contributed by atoms with Crippen LogP contribution >= 0.6 is 0 Å². The quantitative estimate of drug-likeness (QED) is 0.160. The fourth-order valence-corrected chi connectivity index (χ4v) is 10.4. The van der Waals surface area contributed by atoms with Crippen LogP contribution in [-0.4, -0.2) is 4.57 Å². The van der Waals surface area contributed by atoms with Crippen molar-refractivity contribution in [1.82, 2.24) is 4.57 Å². The molecule has 2 heterocycles. The number of allylic oxidation sites excluding steroid dienone is 1. The number of rotatable bonds is 7. The molecule has 0 spiro atoms. The van der Waals surface area contributed by atoms with Crippen LogP contribution < -0.4 is 4.90 Å². The number of anilines is 3. The lowest BCUT2D eigenvalue weighted by Crippen LogP contribution is -2.11. The summed E-state index contributed by atoms with van der Waals surface area (Å²) in [4.78, 5) is 2.40. The maximum atomic E-state index is 6.83. The topological polar surface area (TPSA) is 21.3 Å². The summed E-state index contributed by atoms with van der Waals surface area (Å²) in [5.41, 5.74) is 17.0. The normalized spacial score (nSPS) is 12.4. The smallest absolute Gasteiger partial charge is 0.143 e. The highest BCUT2D eigenvalue weighted by Crippen LogP contribution is 2.46. The zero-order valence-corrected chi connectivity index (χ0v) is 35.7. The molecule has 3 heteroatoms. The third-order valence-electron chi connectivity index (χ3n) is 13.4. The summed E-state index contributed by atoms with van der Waals surface area (Å²) in [5.74, 6) is 0. The lowest BCUT2D eigenvalue weighted by molar-refractivity contribution is 0.670. The van der Waals surface area contributed by atoms with Crippen molar-refractivity contribution < 1.29 is 4.42 Å². The summed E-state index contributed by atoms with van der Waals surface area (Å²) in [5, 5.41) is 8.42. The minimum atomic E-state index is 0.889. The number of para-hydroxylation sites is 3. The van der Waals surface area contributed by atoms with Crippen LogP contribution in [0.1, 0.15) is 17.7 Å². The van der Waals surface area contributed by atoms with E-state index in [9.17, 15) is 0 Å². The lowest BCUT2D eigenvalue weighted by Gasteiger charge is -2.28. The fourth-order valence-electron chi connectivity index (χ4n) is 10.4. The van der Waals surface area contributed by atoms with Gasteiger partial charge in [-0.1, -0.05) is 164 Å². The van der Waals surface area contributed by atoms with Crippen LogP contribution in [0.25, 0.3) is 99.5 Å². The van der Waals surface area contributed by atoms with Crippen LogP contribution in [0.5, 0.6) is 0 Å². The molecule has 0 unspecified atom stereocenters. The molecule has 0 saturated carbocycles. The molecule has 0 aliphatic heterocycles. The van der Waals surface area contributed by atoms with Gasteiger partial charge in [0.15, 0.2) is 0 Å². The van der Waals surface area contributed by atoms with Gasteiger partial charge in [-0.15, -0.1) is 0 Å². The second-order valence-electron chi connectivity index (χ2n) is 17.2. The Kier molecular flexibility index (Phi) is 8.67. The maximum absolute atomic E-state index is 6.83. The zero-order chi connectivity index (χ0) is 42.8. The summed E-state index contributed by atoms with van der Waals surface area (Å²) >= 11 is 0. The van der Waals surface area contributed by atoms with Crippen LogP contribution in [0.15, 0.2) is 229 Å². The lowest BCUT2D eigenvalue weighted by atomic mass is 9.95. The largest absolute Gasteiger partial charge is 0.455 e. The van der Waals surface area contributed by atoms with Crippen LogP contribution in [0.2, 0.25) is 0 Å². The van der Waals surface area contributed by atoms with Crippen molar-refractivity contribution in [3.8, 4) is 39.1 Å². The molecule has 0 N–H and O–H groups in total. The summed E-state index contributed by atoms with van der Waals surface area (Å²) < 4.78 is 9.30. The van der Waals surface area contributed by atoms with Crippen LogP contribution in [0, 0.1) is 0 Å². The molecule has 0 amide bonds. The van der Waals surface area contributed by atoms with Gasteiger partial charge in [0, 0.05) is 55.6 Å². The Morgan fingerprint density at radius 2 is 1.06 bits per heavy atom. The molecule has 0 atom stereocenters. The van der Waals surface area contributed by atoms with Crippen molar-refractivity contribution in [3.05, 3.63) is 236 Å². The first kappa shape index (κ1) is 37.2. The van der Waals surface area contributed by atoms with Crippen molar-refractivity contribution in [2.24, 2.45) is 0 Å². The van der Waals surface area contributed by atoms with Gasteiger partial charge < -0.3 is 13.9 Å². The standard InChI is InChI=1S/C62H42N2O/c1-2-16-45-40-61-57(39-44(45)15-1)56-26-13-25-55(62(56)65-61)54-23-7-8-27-58(54)63(48-34-36-49(37-35-48)64-59-28-9-5-21-52(59)53-22-6-10-29-60(53)64)47-32-30-41(31-33-47)43-18-11-19-46(38-43)51-24-12-17-42-14-3-4-20-50(42)51/h1-9,11-28,30-40H,10,29H2. The van der Waals surface area contributed by atoms with Gasteiger partial charge in [-0.3, -0.25) is 0 Å². The number of fused-ring (bicyclic) bond motifs is 8. The molecule has 3 nitrogen and oxygen atoms in total. The van der Waals surface area contributed by atoms with Gasteiger partial charge in [-0.2, -0.15) is 0 Å². The van der Waals surface area contributed by atoms with Gasteiger partial charge in [-0.25, -0.2) is 0 Å². The van der Waals surface area contributed by atoms with E-state index < -0.39 is 0 Å². The molecule has 0 radical (unpaired) electrons. The Hall–Kier alpha value is -8.40. The molecule has 65 heavy (non-hydrogen) atoms. The van der Waals surface area contributed by atoms with E-state index >= 15 is 0 Å². The zero-order valence-electron chi connectivity index (χ0n) is 35.7. The predicted molar refractivity (Wildman–Crippen MR) is 274 cm³/mol. The minimum absolute atomic E-state index is 0.889. The molecular formula is C62H42N2O. The summed E-state index contributed by atoms with van der Waals surface area (Å²) in [6.45, 7) is 0. The van der Waals surface area contributed by atoms with Crippen molar-refractivity contribution in [1.29, 1.82) is 0 Å². The first-order chi connectivity index (χ1) is 32.2. The first-order valence-corrected chi connectivity index (χ1v) is 22.5. The molecule has 0 saturated heterocycles. The fraction of sp³-hybridized carbons (Fsp3) is 0.0323. The van der Waals surface area contributed by atoms with E-state index in [2.05, 4.69) is 240 Å². The number of benzene rings is 10. The van der Waals surface area contributed by atoms with Gasteiger partial charge in [-0.05, 0) is 123 Å². The summed E-state index contributed by atoms with van der Waals surface area (Å²) in [6.07, 6.45) is 6.67. The molecule has 2 aromatic heterocycles. The van der Waals surface area contributed by atoms with Gasteiger partial charge in [0.1, 0.15) is 11.2 Å². The second kappa shape index (κ2) is 15.1. The highest BCUT2D eigenvalue weighted by molar-refractivity contribution is 6.14. The van der Waals surface area contributed by atoms with E-state index in [4.69, 9.17) is 4.42 Å². The first-order valence-electron chi connectivity index (χ1n) is 22.5. The highest BCUT2D eigenvalue weighted by Gasteiger charge is 2.23. The van der Waals surface area contributed by atoms with Gasteiger partial charge in [0.05, 0.1) is 11.2 Å².